The zero-order valence-electron chi connectivity index (χ0n) is 18.7. The Morgan fingerprint density at radius 3 is 2.29 bits per heavy atom. The molecule has 0 radical (unpaired) electrons. The third-order valence-electron chi connectivity index (χ3n) is 4.87. The van der Waals surface area contributed by atoms with Crippen molar-refractivity contribution < 1.29 is 12.8 Å². The lowest BCUT2D eigenvalue weighted by Crippen LogP contribution is -2.41. The molecular formula is C23H30N4O3S. The average Bonchev–Trinajstić information content (AvgIpc) is 3.17. The number of aromatic nitrogens is 2. The number of benzene rings is 1. The van der Waals surface area contributed by atoms with E-state index in [1.807, 2.05) is 58.9 Å². The van der Waals surface area contributed by atoms with Crippen LogP contribution in [0.4, 0.5) is 5.82 Å². The van der Waals surface area contributed by atoms with Gasteiger partial charge in [0.25, 0.3) is 0 Å². The molecule has 166 valence electrons. The maximum Gasteiger partial charge on any atom is 0.245 e. The van der Waals surface area contributed by atoms with Gasteiger partial charge >= 0.3 is 0 Å². The van der Waals surface area contributed by atoms with Gasteiger partial charge < -0.3 is 9.73 Å². The summed E-state index contributed by atoms with van der Waals surface area (Å²) in [5, 5.41) is 3.20. The number of sulfonamides is 1. The van der Waals surface area contributed by atoms with E-state index in [-0.39, 0.29) is 17.0 Å². The van der Waals surface area contributed by atoms with Crippen LogP contribution >= 0.6 is 0 Å². The Kier molecular flexibility index (Phi) is 7.12. The second kappa shape index (κ2) is 9.62. The second-order valence-electron chi connectivity index (χ2n) is 8.09. The fourth-order valence-corrected chi connectivity index (χ4v) is 5.26. The standard InChI is InChI=1S/C23H30N4O3S/c1-16(2)27(17(3)4)31(28,29)21-10-11-22(25-14-21)24-13-12-20-15-30-23(26-20)19-8-6-18(5)7-9-19/h6-11,14-17H,12-13H2,1-5H3,(H,24,25). The predicted molar refractivity (Wildman–Crippen MR) is 122 cm³/mol. The van der Waals surface area contributed by atoms with Crippen molar-refractivity contribution in [3.63, 3.8) is 0 Å². The number of anilines is 1. The van der Waals surface area contributed by atoms with Gasteiger partial charge in [0.2, 0.25) is 15.9 Å². The number of nitrogens with zero attached hydrogens (tertiary/aromatic N) is 3. The molecule has 2 aromatic heterocycles. The first-order valence-electron chi connectivity index (χ1n) is 10.4. The first-order valence-corrected chi connectivity index (χ1v) is 11.9. The lowest BCUT2D eigenvalue weighted by molar-refractivity contribution is 0.302. The number of hydrogen-bond acceptors (Lipinski definition) is 6. The van der Waals surface area contributed by atoms with E-state index in [0.29, 0.717) is 24.7 Å². The molecule has 0 saturated carbocycles. The van der Waals surface area contributed by atoms with Crippen LogP contribution in [0.5, 0.6) is 0 Å². The summed E-state index contributed by atoms with van der Waals surface area (Å²) in [6.45, 7) is 10.1. The Labute approximate surface area is 184 Å². The zero-order valence-corrected chi connectivity index (χ0v) is 19.5. The first-order chi connectivity index (χ1) is 14.7. The van der Waals surface area contributed by atoms with E-state index in [1.54, 1.807) is 18.4 Å². The molecule has 31 heavy (non-hydrogen) atoms. The predicted octanol–water partition coefficient (Wildman–Crippen LogP) is 4.51. The maximum absolute atomic E-state index is 12.9. The van der Waals surface area contributed by atoms with Crippen LogP contribution in [0, 0.1) is 6.92 Å². The van der Waals surface area contributed by atoms with E-state index in [1.165, 1.54) is 16.1 Å². The molecule has 0 spiro atoms. The highest BCUT2D eigenvalue weighted by atomic mass is 32.2. The van der Waals surface area contributed by atoms with Crippen LogP contribution in [0.1, 0.15) is 39.0 Å². The summed E-state index contributed by atoms with van der Waals surface area (Å²) >= 11 is 0. The van der Waals surface area contributed by atoms with Crippen molar-refractivity contribution in [2.45, 2.75) is 58.0 Å². The van der Waals surface area contributed by atoms with Crippen molar-refractivity contribution in [1.82, 2.24) is 14.3 Å². The lowest BCUT2D eigenvalue weighted by Gasteiger charge is -2.29. The monoisotopic (exact) mass is 442 g/mol. The van der Waals surface area contributed by atoms with Gasteiger partial charge in [-0.05, 0) is 58.9 Å². The molecule has 3 rings (SSSR count). The minimum atomic E-state index is -3.59. The molecule has 1 N–H and O–H groups in total. The van der Waals surface area contributed by atoms with Gasteiger partial charge in [-0.1, -0.05) is 17.7 Å². The summed E-state index contributed by atoms with van der Waals surface area (Å²) in [4.78, 5) is 9.00. The van der Waals surface area contributed by atoms with Gasteiger partial charge in [0.15, 0.2) is 0 Å². The number of aryl methyl sites for hydroxylation is 1. The van der Waals surface area contributed by atoms with E-state index in [2.05, 4.69) is 15.3 Å². The van der Waals surface area contributed by atoms with Gasteiger partial charge in [-0.3, -0.25) is 0 Å². The minimum absolute atomic E-state index is 0.130. The summed E-state index contributed by atoms with van der Waals surface area (Å²) < 4.78 is 32.9. The molecule has 0 aliphatic heterocycles. The van der Waals surface area contributed by atoms with E-state index in [0.717, 1.165) is 11.3 Å². The molecule has 8 heteroatoms. The molecule has 0 saturated heterocycles. The van der Waals surface area contributed by atoms with Crippen LogP contribution in [-0.2, 0) is 16.4 Å². The zero-order chi connectivity index (χ0) is 22.6. The molecule has 0 amide bonds. The number of rotatable bonds is 9. The minimum Gasteiger partial charge on any atom is -0.444 e. The Bertz CT molecular complexity index is 1080. The van der Waals surface area contributed by atoms with Gasteiger partial charge in [-0.25, -0.2) is 18.4 Å². The highest BCUT2D eigenvalue weighted by Gasteiger charge is 2.29. The topological polar surface area (TPSA) is 88.3 Å². The quantitative estimate of drug-likeness (QED) is 0.525. The molecule has 7 nitrogen and oxygen atoms in total. The van der Waals surface area contributed by atoms with E-state index in [9.17, 15) is 8.42 Å². The molecule has 3 aromatic rings. The summed E-state index contributed by atoms with van der Waals surface area (Å²) in [7, 11) is -3.59. The van der Waals surface area contributed by atoms with Gasteiger partial charge in [-0.2, -0.15) is 4.31 Å². The highest BCUT2D eigenvalue weighted by molar-refractivity contribution is 7.89. The smallest absolute Gasteiger partial charge is 0.245 e. The van der Waals surface area contributed by atoms with Crippen molar-refractivity contribution in [2.75, 3.05) is 11.9 Å². The van der Waals surface area contributed by atoms with Crippen molar-refractivity contribution in [1.29, 1.82) is 0 Å². The Morgan fingerprint density at radius 1 is 1.03 bits per heavy atom. The van der Waals surface area contributed by atoms with Gasteiger partial charge in [0.1, 0.15) is 17.0 Å². The van der Waals surface area contributed by atoms with Crippen LogP contribution in [0.3, 0.4) is 0 Å². The van der Waals surface area contributed by atoms with Crippen LogP contribution < -0.4 is 5.32 Å². The molecule has 2 heterocycles. The largest absolute Gasteiger partial charge is 0.444 e. The van der Waals surface area contributed by atoms with Crippen molar-refractivity contribution in [3.8, 4) is 11.5 Å². The van der Waals surface area contributed by atoms with Gasteiger partial charge in [-0.15, -0.1) is 0 Å². The number of pyridine rings is 1. The van der Waals surface area contributed by atoms with Crippen LogP contribution in [-0.4, -0.2) is 41.3 Å². The summed E-state index contributed by atoms with van der Waals surface area (Å²) in [6.07, 6.45) is 3.72. The lowest BCUT2D eigenvalue weighted by atomic mass is 10.1. The number of oxazole rings is 1. The summed E-state index contributed by atoms with van der Waals surface area (Å²) in [5.41, 5.74) is 2.97. The van der Waals surface area contributed by atoms with Crippen molar-refractivity contribution >= 4 is 15.8 Å². The third kappa shape index (κ3) is 5.51. The van der Waals surface area contributed by atoms with E-state index >= 15 is 0 Å². The molecule has 0 fully saturated rings. The Hall–Kier alpha value is -2.71. The van der Waals surface area contributed by atoms with Crippen LogP contribution in [0.15, 0.2) is 58.2 Å². The first kappa shape index (κ1) is 23.0. The third-order valence-corrected chi connectivity index (χ3v) is 7.10. The number of nitrogens with one attached hydrogen (secondary N) is 1. The second-order valence-corrected chi connectivity index (χ2v) is 9.93. The fraction of sp³-hybridized carbons (Fsp3) is 0.391. The molecule has 1 aromatic carbocycles. The SMILES string of the molecule is Cc1ccc(-c2nc(CCNc3ccc(S(=O)(=O)N(C(C)C)C(C)C)cn3)co2)cc1. The Morgan fingerprint density at radius 2 is 1.71 bits per heavy atom. The van der Waals surface area contributed by atoms with Gasteiger partial charge in [0.05, 0.1) is 5.69 Å². The van der Waals surface area contributed by atoms with E-state index < -0.39 is 10.0 Å². The molecule has 0 aliphatic rings. The normalized spacial score (nSPS) is 12.1. The molecule has 0 bridgehead atoms. The van der Waals surface area contributed by atoms with Crippen molar-refractivity contribution in [3.05, 3.63) is 60.1 Å². The van der Waals surface area contributed by atoms with Crippen LogP contribution in [0.2, 0.25) is 0 Å². The van der Waals surface area contributed by atoms with Crippen molar-refractivity contribution in [2.24, 2.45) is 0 Å². The highest BCUT2D eigenvalue weighted by Crippen LogP contribution is 2.22. The maximum atomic E-state index is 12.9. The van der Waals surface area contributed by atoms with E-state index in [4.69, 9.17) is 4.42 Å². The molecule has 0 atom stereocenters. The summed E-state index contributed by atoms with van der Waals surface area (Å²) in [5.74, 6) is 1.21. The molecular weight excluding hydrogens is 412 g/mol. The Balaban J connectivity index is 1.59. The van der Waals surface area contributed by atoms with Crippen LogP contribution in [0.25, 0.3) is 11.5 Å². The molecule has 0 unspecified atom stereocenters. The van der Waals surface area contributed by atoms with Gasteiger partial charge in [0, 0.05) is 36.8 Å². The summed E-state index contributed by atoms with van der Waals surface area (Å²) in [6, 6.07) is 11.0. The fourth-order valence-electron chi connectivity index (χ4n) is 3.48. The average molecular weight is 443 g/mol. The number of hydrogen-bond donors (Lipinski definition) is 1. The molecule has 0 aliphatic carbocycles.